The van der Waals surface area contributed by atoms with Gasteiger partial charge in [-0.3, -0.25) is 14.3 Å². The van der Waals surface area contributed by atoms with Gasteiger partial charge >= 0.3 is 5.69 Å². The van der Waals surface area contributed by atoms with E-state index in [1.165, 1.54) is 4.57 Å². The molecular weight excluding hydrogens is 264 g/mol. The molecule has 1 heterocycles. The molecule has 1 atom stereocenters. The van der Waals surface area contributed by atoms with E-state index in [-0.39, 0.29) is 27.9 Å². The van der Waals surface area contributed by atoms with Crippen LogP contribution >= 0.6 is 11.6 Å². The summed E-state index contributed by atoms with van der Waals surface area (Å²) in [5.41, 5.74) is 0.144. The quantitative estimate of drug-likeness (QED) is 0.868. The van der Waals surface area contributed by atoms with E-state index < -0.39 is 0 Å². The van der Waals surface area contributed by atoms with Crippen LogP contribution in [0.1, 0.15) is 58.1 Å². The highest BCUT2D eigenvalue weighted by atomic mass is 35.5. The molecule has 0 bridgehead atoms. The lowest BCUT2D eigenvalue weighted by atomic mass is 9.92. The molecule has 19 heavy (non-hydrogen) atoms. The van der Waals surface area contributed by atoms with Crippen molar-refractivity contribution in [1.29, 1.82) is 0 Å². The van der Waals surface area contributed by atoms with Crippen molar-refractivity contribution in [2.45, 2.75) is 58.9 Å². The third kappa shape index (κ3) is 2.78. The number of aromatic nitrogens is 2. The molecule has 0 aromatic carbocycles. The van der Waals surface area contributed by atoms with Crippen molar-refractivity contribution in [2.75, 3.05) is 0 Å². The standard InChI is InChI=1S/C14H21ClN2O2/c1-4-5-10-11(15)16-13(19)17(12(10)18)9-6-7-14(2,3)8-9/h9H,4-8H2,1-3H3,(H,16,19). The Kier molecular flexibility index (Phi) is 3.90. The molecular formula is C14H21ClN2O2. The third-order valence-electron chi connectivity index (χ3n) is 3.99. The lowest BCUT2D eigenvalue weighted by Gasteiger charge is -2.18. The van der Waals surface area contributed by atoms with Gasteiger partial charge in [-0.1, -0.05) is 38.8 Å². The molecule has 1 fully saturated rings. The largest absolute Gasteiger partial charge is 0.329 e. The molecule has 1 unspecified atom stereocenters. The lowest BCUT2D eigenvalue weighted by Crippen LogP contribution is -2.39. The average molecular weight is 285 g/mol. The summed E-state index contributed by atoms with van der Waals surface area (Å²) in [5, 5.41) is 0.199. The van der Waals surface area contributed by atoms with E-state index >= 15 is 0 Å². The van der Waals surface area contributed by atoms with Gasteiger partial charge in [-0.05, 0) is 31.1 Å². The molecule has 1 aromatic rings. The first-order valence-corrected chi connectivity index (χ1v) is 7.26. The second-order valence-corrected chi connectivity index (χ2v) is 6.59. The fraction of sp³-hybridized carbons (Fsp3) is 0.714. The maximum atomic E-state index is 12.5. The van der Waals surface area contributed by atoms with Crippen LogP contribution in [0.4, 0.5) is 0 Å². The smallest absolute Gasteiger partial charge is 0.297 e. The van der Waals surface area contributed by atoms with Crippen LogP contribution in [-0.4, -0.2) is 9.55 Å². The van der Waals surface area contributed by atoms with E-state index in [1.807, 2.05) is 6.92 Å². The van der Waals surface area contributed by atoms with Crippen LogP contribution in [0.25, 0.3) is 0 Å². The molecule has 4 nitrogen and oxygen atoms in total. The number of halogens is 1. The highest BCUT2D eigenvalue weighted by Gasteiger charge is 2.33. The summed E-state index contributed by atoms with van der Waals surface area (Å²) >= 11 is 5.98. The highest BCUT2D eigenvalue weighted by Crippen LogP contribution is 2.42. The molecule has 0 aliphatic heterocycles. The van der Waals surface area contributed by atoms with Gasteiger partial charge in [-0.25, -0.2) is 4.79 Å². The first-order valence-electron chi connectivity index (χ1n) is 6.89. The van der Waals surface area contributed by atoms with Gasteiger partial charge in [0.25, 0.3) is 5.56 Å². The van der Waals surface area contributed by atoms with Crippen LogP contribution in [0.5, 0.6) is 0 Å². The van der Waals surface area contributed by atoms with E-state index in [9.17, 15) is 9.59 Å². The summed E-state index contributed by atoms with van der Waals surface area (Å²) in [7, 11) is 0. The SMILES string of the molecule is CCCc1c(Cl)[nH]c(=O)n(C2CCC(C)(C)C2)c1=O. The Hall–Kier alpha value is -1.03. The Morgan fingerprint density at radius 2 is 2.11 bits per heavy atom. The Morgan fingerprint density at radius 3 is 2.63 bits per heavy atom. The van der Waals surface area contributed by atoms with E-state index in [4.69, 9.17) is 11.6 Å². The first-order chi connectivity index (χ1) is 8.85. The number of rotatable bonds is 3. The minimum absolute atomic E-state index is 0.000812. The topological polar surface area (TPSA) is 54.9 Å². The van der Waals surface area contributed by atoms with E-state index in [2.05, 4.69) is 18.8 Å². The second kappa shape index (κ2) is 5.16. The summed E-state index contributed by atoms with van der Waals surface area (Å²) in [4.78, 5) is 27.1. The van der Waals surface area contributed by atoms with Gasteiger partial charge in [-0.2, -0.15) is 0 Å². The summed E-state index contributed by atoms with van der Waals surface area (Å²) in [6, 6.07) is -0.000812. The minimum Gasteiger partial charge on any atom is -0.297 e. The number of hydrogen-bond acceptors (Lipinski definition) is 2. The first kappa shape index (κ1) is 14.4. The Labute approximate surface area is 117 Å². The lowest BCUT2D eigenvalue weighted by molar-refractivity contribution is 0.352. The Balaban J connectivity index is 2.49. The predicted molar refractivity (Wildman–Crippen MR) is 77.0 cm³/mol. The summed E-state index contributed by atoms with van der Waals surface area (Å²) in [6.45, 7) is 6.34. The molecule has 2 rings (SSSR count). The average Bonchev–Trinajstić information content (AvgIpc) is 2.64. The zero-order valence-corrected chi connectivity index (χ0v) is 12.5. The predicted octanol–water partition coefficient (Wildman–Crippen LogP) is 2.89. The molecule has 1 aliphatic carbocycles. The van der Waals surface area contributed by atoms with Crippen molar-refractivity contribution in [2.24, 2.45) is 5.41 Å². The van der Waals surface area contributed by atoms with Crippen molar-refractivity contribution < 1.29 is 0 Å². The maximum Gasteiger partial charge on any atom is 0.329 e. The van der Waals surface area contributed by atoms with Crippen molar-refractivity contribution >= 4 is 11.6 Å². The summed E-state index contributed by atoms with van der Waals surface area (Å²) < 4.78 is 1.38. The number of nitrogens with zero attached hydrogens (tertiary/aromatic N) is 1. The van der Waals surface area contributed by atoms with Crippen molar-refractivity contribution in [1.82, 2.24) is 9.55 Å². The van der Waals surface area contributed by atoms with E-state index in [1.54, 1.807) is 0 Å². The number of nitrogens with one attached hydrogen (secondary N) is 1. The molecule has 0 radical (unpaired) electrons. The number of hydrogen-bond donors (Lipinski definition) is 1. The molecule has 1 aromatic heterocycles. The van der Waals surface area contributed by atoms with Crippen LogP contribution in [0.3, 0.4) is 0 Å². The molecule has 106 valence electrons. The number of aromatic amines is 1. The van der Waals surface area contributed by atoms with Crippen molar-refractivity contribution in [3.05, 3.63) is 31.6 Å². The summed E-state index contributed by atoms with van der Waals surface area (Å²) in [6.07, 6.45) is 4.21. The Bertz CT molecular complexity index is 586. The van der Waals surface area contributed by atoms with Crippen molar-refractivity contribution in [3.63, 3.8) is 0 Å². The molecule has 0 amide bonds. The van der Waals surface area contributed by atoms with Gasteiger partial charge in [0.1, 0.15) is 5.15 Å². The fourth-order valence-electron chi connectivity index (χ4n) is 2.98. The van der Waals surface area contributed by atoms with Gasteiger partial charge in [-0.15, -0.1) is 0 Å². The molecule has 1 saturated carbocycles. The van der Waals surface area contributed by atoms with E-state index in [0.717, 1.165) is 25.7 Å². The normalized spacial score (nSPS) is 21.8. The Morgan fingerprint density at radius 1 is 1.42 bits per heavy atom. The monoisotopic (exact) mass is 284 g/mol. The zero-order valence-electron chi connectivity index (χ0n) is 11.8. The van der Waals surface area contributed by atoms with Gasteiger partial charge in [0, 0.05) is 6.04 Å². The van der Waals surface area contributed by atoms with Gasteiger partial charge in [0.2, 0.25) is 0 Å². The zero-order chi connectivity index (χ0) is 14.2. The summed E-state index contributed by atoms with van der Waals surface area (Å²) in [5.74, 6) is 0. The molecule has 1 N–H and O–H groups in total. The molecule has 5 heteroatoms. The van der Waals surface area contributed by atoms with E-state index in [0.29, 0.717) is 12.0 Å². The maximum absolute atomic E-state index is 12.5. The third-order valence-corrected chi connectivity index (χ3v) is 4.31. The molecule has 0 saturated heterocycles. The van der Waals surface area contributed by atoms with Crippen LogP contribution < -0.4 is 11.2 Å². The van der Waals surface area contributed by atoms with Crippen LogP contribution in [0, 0.1) is 5.41 Å². The number of H-pyrrole nitrogens is 1. The van der Waals surface area contributed by atoms with Gasteiger partial charge in [0.15, 0.2) is 0 Å². The van der Waals surface area contributed by atoms with Gasteiger partial charge in [0.05, 0.1) is 5.56 Å². The van der Waals surface area contributed by atoms with Crippen LogP contribution in [0.2, 0.25) is 5.15 Å². The van der Waals surface area contributed by atoms with Gasteiger partial charge < -0.3 is 0 Å². The van der Waals surface area contributed by atoms with Crippen LogP contribution in [0.15, 0.2) is 9.59 Å². The second-order valence-electron chi connectivity index (χ2n) is 6.21. The van der Waals surface area contributed by atoms with Crippen LogP contribution in [-0.2, 0) is 6.42 Å². The minimum atomic E-state index is -0.377. The fourth-order valence-corrected chi connectivity index (χ4v) is 3.24. The highest BCUT2D eigenvalue weighted by molar-refractivity contribution is 6.30. The molecule has 1 aliphatic rings. The molecule has 0 spiro atoms. The van der Waals surface area contributed by atoms with Crippen molar-refractivity contribution in [3.8, 4) is 0 Å².